The monoisotopic (exact) mass is 225 g/mol. The van der Waals surface area contributed by atoms with Crippen LogP contribution in [0.5, 0.6) is 0 Å². The summed E-state index contributed by atoms with van der Waals surface area (Å²) in [6.45, 7) is 2.74. The zero-order valence-corrected chi connectivity index (χ0v) is 9.85. The molecule has 2 rings (SSSR count). The molecule has 4 heteroatoms. The molecule has 0 amide bonds. The van der Waals surface area contributed by atoms with Crippen molar-refractivity contribution in [2.45, 2.75) is 32.2 Å². The fraction of sp³-hybridized carbons (Fsp3) is 0.727. The molecule has 1 fully saturated rings. The molecule has 1 heterocycles. The van der Waals surface area contributed by atoms with Crippen LogP contribution in [0.15, 0.2) is 5.38 Å². The second-order valence-corrected chi connectivity index (χ2v) is 5.12. The summed E-state index contributed by atoms with van der Waals surface area (Å²) >= 11 is 1.72. The number of aromatic nitrogens is 1. The smallest absolute Gasteiger partial charge is 0.0941 e. The van der Waals surface area contributed by atoms with Gasteiger partial charge >= 0.3 is 0 Å². The zero-order valence-electron chi connectivity index (χ0n) is 9.04. The SMILES string of the molecule is NCCc1nc(CNCCC2CC2)cs1. The van der Waals surface area contributed by atoms with Gasteiger partial charge in [-0.1, -0.05) is 12.8 Å². The predicted molar refractivity (Wildman–Crippen MR) is 63.9 cm³/mol. The summed E-state index contributed by atoms with van der Waals surface area (Å²) < 4.78 is 0. The fourth-order valence-electron chi connectivity index (χ4n) is 1.60. The highest BCUT2D eigenvalue weighted by Crippen LogP contribution is 2.31. The van der Waals surface area contributed by atoms with Crippen LogP contribution < -0.4 is 11.1 Å². The number of hydrogen-bond donors (Lipinski definition) is 2. The number of nitrogens with zero attached hydrogens (tertiary/aromatic N) is 1. The Morgan fingerprint density at radius 1 is 1.53 bits per heavy atom. The first-order valence-corrected chi connectivity index (χ1v) is 6.60. The maximum Gasteiger partial charge on any atom is 0.0941 e. The van der Waals surface area contributed by atoms with Gasteiger partial charge in [-0.25, -0.2) is 4.98 Å². The molecule has 84 valence electrons. The Labute approximate surface area is 95.1 Å². The topological polar surface area (TPSA) is 50.9 Å². The third kappa shape index (κ3) is 3.89. The summed E-state index contributed by atoms with van der Waals surface area (Å²) in [6, 6.07) is 0. The Morgan fingerprint density at radius 3 is 3.13 bits per heavy atom. The first-order valence-electron chi connectivity index (χ1n) is 5.72. The minimum absolute atomic E-state index is 0.696. The first-order chi connectivity index (χ1) is 7.38. The Hall–Kier alpha value is -0.450. The lowest BCUT2D eigenvalue weighted by Crippen LogP contribution is -2.15. The highest BCUT2D eigenvalue weighted by molar-refractivity contribution is 7.09. The van der Waals surface area contributed by atoms with Gasteiger partial charge in [-0.15, -0.1) is 11.3 Å². The maximum absolute atomic E-state index is 5.48. The minimum Gasteiger partial charge on any atom is -0.330 e. The van der Waals surface area contributed by atoms with Gasteiger partial charge in [0.25, 0.3) is 0 Å². The molecule has 0 atom stereocenters. The molecule has 1 aromatic heterocycles. The lowest BCUT2D eigenvalue weighted by Gasteiger charge is -2.00. The number of nitrogens with one attached hydrogen (secondary N) is 1. The largest absolute Gasteiger partial charge is 0.330 e. The highest BCUT2D eigenvalue weighted by Gasteiger charge is 2.19. The van der Waals surface area contributed by atoms with E-state index in [0.29, 0.717) is 6.54 Å². The van der Waals surface area contributed by atoms with E-state index in [4.69, 9.17) is 5.73 Å². The Morgan fingerprint density at radius 2 is 2.40 bits per heavy atom. The molecule has 1 aromatic rings. The summed E-state index contributed by atoms with van der Waals surface area (Å²) in [5.74, 6) is 1.01. The van der Waals surface area contributed by atoms with E-state index in [-0.39, 0.29) is 0 Å². The third-order valence-corrected chi connectivity index (χ3v) is 3.65. The van der Waals surface area contributed by atoms with Crippen molar-refractivity contribution in [1.82, 2.24) is 10.3 Å². The van der Waals surface area contributed by atoms with E-state index in [1.807, 2.05) is 0 Å². The van der Waals surface area contributed by atoms with E-state index in [1.54, 1.807) is 11.3 Å². The molecular weight excluding hydrogens is 206 g/mol. The summed E-state index contributed by atoms with van der Waals surface area (Å²) in [5, 5.41) is 6.74. The molecule has 15 heavy (non-hydrogen) atoms. The molecule has 3 N–H and O–H groups in total. The van der Waals surface area contributed by atoms with Crippen molar-refractivity contribution in [3.8, 4) is 0 Å². The molecule has 1 saturated carbocycles. The van der Waals surface area contributed by atoms with Crippen LogP contribution in [-0.4, -0.2) is 18.1 Å². The van der Waals surface area contributed by atoms with Crippen LogP contribution in [0.4, 0.5) is 0 Å². The van der Waals surface area contributed by atoms with Gasteiger partial charge in [0.15, 0.2) is 0 Å². The molecule has 1 aliphatic rings. The van der Waals surface area contributed by atoms with Crippen molar-refractivity contribution >= 4 is 11.3 Å². The summed E-state index contributed by atoms with van der Waals surface area (Å²) in [5.41, 5.74) is 6.65. The van der Waals surface area contributed by atoms with Gasteiger partial charge in [0, 0.05) is 18.3 Å². The Balaban J connectivity index is 1.63. The van der Waals surface area contributed by atoms with E-state index in [1.165, 1.54) is 25.0 Å². The van der Waals surface area contributed by atoms with Crippen LogP contribution in [0.25, 0.3) is 0 Å². The third-order valence-electron chi connectivity index (χ3n) is 2.69. The van der Waals surface area contributed by atoms with Gasteiger partial charge in [0.1, 0.15) is 0 Å². The number of thiazole rings is 1. The van der Waals surface area contributed by atoms with E-state index in [0.717, 1.165) is 30.4 Å². The minimum atomic E-state index is 0.696. The second kappa shape index (κ2) is 5.58. The second-order valence-electron chi connectivity index (χ2n) is 4.18. The molecule has 0 aliphatic heterocycles. The van der Waals surface area contributed by atoms with Crippen LogP contribution in [0.1, 0.15) is 30.0 Å². The van der Waals surface area contributed by atoms with Crippen molar-refractivity contribution in [2.75, 3.05) is 13.1 Å². The Kier molecular flexibility index (Phi) is 4.11. The molecule has 0 radical (unpaired) electrons. The van der Waals surface area contributed by atoms with Gasteiger partial charge < -0.3 is 11.1 Å². The predicted octanol–water partition coefficient (Wildman–Crippen LogP) is 1.53. The lowest BCUT2D eigenvalue weighted by molar-refractivity contribution is 0.607. The van der Waals surface area contributed by atoms with E-state index in [2.05, 4.69) is 15.7 Å². The quantitative estimate of drug-likeness (QED) is 0.692. The molecule has 0 saturated heterocycles. The molecule has 0 aromatic carbocycles. The summed E-state index contributed by atoms with van der Waals surface area (Å²) in [6.07, 6.45) is 5.13. The average Bonchev–Trinajstić information content (AvgIpc) is 2.95. The molecule has 0 spiro atoms. The van der Waals surface area contributed by atoms with Gasteiger partial charge in [0.2, 0.25) is 0 Å². The zero-order chi connectivity index (χ0) is 10.5. The van der Waals surface area contributed by atoms with Crippen LogP contribution in [0, 0.1) is 5.92 Å². The molecule has 3 nitrogen and oxygen atoms in total. The van der Waals surface area contributed by atoms with Crippen molar-refractivity contribution in [2.24, 2.45) is 11.7 Å². The first kappa shape index (κ1) is 11.0. The van der Waals surface area contributed by atoms with E-state index in [9.17, 15) is 0 Å². The maximum atomic E-state index is 5.48. The van der Waals surface area contributed by atoms with Crippen LogP contribution in [-0.2, 0) is 13.0 Å². The number of hydrogen-bond acceptors (Lipinski definition) is 4. The highest BCUT2D eigenvalue weighted by atomic mass is 32.1. The van der Waals surface area contributed by atoms with Crippen molar-refractivity contribution in [3.05, 3.63) is 16.1 Å². The summed E-state index contributed by atoms with van der Waals surface area (Å²) in [7, 11) is 0. The van der Waals surface area contributed by atoms with Crippen molar-refractivity contribution < 1.29 is 0 Å². The van der Waals surface area contributed by atoms with Gasteiger partial charge in [0.05, 0.1) is 10.7 Å². The average molecular weight is 225 g/mol. The summed E-state index contributed by atoms with van der Waals surface area (Å²) in [4.78, 5) is 4.51. The van der Waals surface area contributed by atoms with Crippen molar-refractivity contribution in [3.63, 3.8) is 0 Å². The molecule has 0 bridgehead atoms. The molecular formula is C11H19N3S. The normalized spacial score (nSPS) is 15.8. The molecule has 1 aliphatic carbocycles. The van der Waals surface area contributed by atoms with E-state index < -0.39 is 0 Å². The van der Waals surface area contributed by atoms with Crippen LogP contribution >= 0.6 is 11.3 Å². The number of nitrogens with two attached hydrogens (primary N) is 1. The standard InChI is InChI=1S/C11H19N3S/c12-5-3-11-14-10(8-15-11)7-13-6-4-9-1-2-9/h8-9,13H,1-7,12H2. The lowest BCUT2D eigenvalue weighted by atomic mass is 10.3. The van der Waals surface area contributed by atoms with Crippen LogP contribution in [0.3, 0.4) is 0 Å². The van der Waals surface area contributed by atoms with E-state index >= 15 is 0 Å². The van der Waals surface area contributed by atoms with Crippen LogP contribution in [0.2, 0.25) is 0 Å². The molecule has 0 unspecified atom stereocenters. The number of rotatable bonds is 7. The Bertz CT molecular complexity index is 294. The van der Waals surface area contributed by atoms with Gasteiger partial charge in [-0.05, 0) is 25.4 Å². The van der Waals surface area contributed by atoms with Gasteiger partial charge in [-0.2, -0.15) is 0 Å². The van der Waals surface area contributed by atoms with Crippen molar-refractivity contribution in [1.29, 1.82) is 0 Å². The van der Waals surface area contributed by atoms with Gasteiger partial charge in [-0.3, -0.25) is 0 Å². The fourth-order valence-corrected chi connectivity index (χ4v) is 2.41.